The van der Waals surface area contributed by atoms with Gasteiger partial charge in [0.1, 0.15) is 5.75 Å². The molecule has 2 aromatic rings. The van der Waals surface area contributed by atoms with E-state index in [4.69, 9.17) is 4.74 Å². The van der Waals surface area contributed by atoms with E-state index in [2.05, 4.69) is 64.8 Å². The molecule has 0 fully saturated rings. The Balaban J connectivity index is 2.13. The zero-order valence-corrected chi connectivity index (χ0v) is 14.3. The van der Waals surface area contributed by atoms with Crippen molar-refractivity contribution in [1.82, 2.24) is 0 Å². The molecule has 2 nitrogen and oxygen atoms in total. The van der Waals surface area contributed by atoms with E-state index in [1.54, 1.807) is 18.9 Å². The minimum absolute atomic E-state index is 0.785. The van der Waals surface area contributed by atoms with Gasteiger partial charge in [-0.2, -0.15) is 0 Å². The van der Waals surface area contributed by atoms with Crippen molar-refractivity contribution in [2.24, 2.45) is 0 Å². The molecule has 0 atom stereocenters. The number of methoxy groups -OCH3 is 1. The van der Waals surface area contributed by atoms with Crippen molar-refractivity contribution >= 4 is 33.4 Å². The second-order valence-corrected chi connectivity index (χ2v) is 6.30. The minimum Gasteiger partial charge on any atom is -0.495 e. The molecule has 0 unspecified atom stereocenters. The Labute approximate surface area is 133 Å². The number of halogens is 1. The highest BCUT2D eigenvalue weighted by Gasteiger charge is 2.07. The molecule has 2 rings (SSSR count). The van der Waals surface area contributed by atoms with Crippen LogP contribution < -0.4 is 10.1 Å². The first-order valence-corrected chi connectivity index (χ1v) is 8.36. The highest BCUT2D eigenvalue weighted by Crippen LogP contribution is 2.32. The van der Waals surface area contributed by atoms with Gasteiger partial charge in [-0.05, 0) is 48.6 Å². The summed E-state index contributed by atoms with van der Waals surface area (Å²) in [7, 11) is 1.69. The average Bonchev–Trinajstić information content (AvgIpc) is 2.46. The molecule has 0 bridgehead atoms. The van der Waals surface area contributed by atoms with Gasteiger partial charge >= 0.3 is 0 Å². The van der Waals surface area contributed by atoms with Gasteiger partial charge in [0.2, 0.25) is 0 Å². The topological polar surface area (TPSA) is 21.3 Å². The third-order valence-electron chi connectivity index (χ3n) is 3.11. The van der Waals surface area contributed by atoms with Gasteiger partial charge in [-0.25, -0.2) is 0 Å². The zero-order chi connectivity index (χ0) is 14.5. The SMILES string of the molecule is COc1cc(Br)cc(C)c1NCc1ccc(SC)cc1. The van der Waals surface area contributed by atoms with Crippen molar-refractivity contribution in [2.45, 2.75) is 18.4 Å². The van der Waals surface area contributed by atoms with Crippen LogP contribution in [0.3, 0.4) is 0 Å². The first-order valence-electron chi connectivity index (χ1n) is 6.35. The first kappa shape index (κ1) is 15.3. The molecule has 0 radical (unpaired) electrons. The van der Waals surface area contributed by atoms with E-state index in [1.807, 2.05) is 6.07 Å². The van der Waals surface area contributed by atoms with E-state index in [1.165, 1.54) is 10.5 Å². The van der Waals surface area contributed by atoms with E-state index in [0.29, 0.717) is 0 Å². The second-order valence-electron chi connectivity index (χ2n) is 4.50. The van der Waals surface area contributed by atoms with Crippen molar-refractivity contribution in [3.63, 3.8) is 0 Å². The molecule has 1 N–H and O–H groups in total. The van der Waals surface area contributed by atoms with E-state index >= 15 is 0 Å². The van der Waals surface area contributed by atoms with E-state index in [9.17, 15) is 0 Å². The summed E-state index contributed by atoms with van der Waals surface area (Å²) >= 11 is 5.25. The van der Waals surface area contributed by atoms with Crippen molar-refractivity contribution < 1.29 is 4.74 Å². The molecule has 0 aromatic heterocycles. The van der Waals surface area contributed by atoms with E-state index in [-0.39, 0.29) is 0 Å². The number of thioether (sulfide) groups is 1. The summed E-state index contributed by atoms with van der Waals surface area (Å²) in [5.41, 5.74) is 3.47. The molecule has 0 saturated carbocycles. The van der Waals surface area contributed by atoms with Crippen molar-refractivity contribution in [1.29, 1.82) is 0 Å². The van der Waals surface area contributed by atoms with Crippen LogP contribution in [0.2, 0.25) is 0 Å². The molecule has 0 aliphatic heterocycles. The molecule has 106 valence electrons. The lowest BCUT2D eigenvalue weighted by Crippen LogP contribution is -2.03. The average molecular weight is 352 g/mol. The Morgan fingerprint density at radius 3 is 2.50 bits per heavy atom. The molecular weight excluding hydrogens is 334 g/mol. The maximum absolute atomic E-state index is 5.44. The standard InChI is InChI=1S/C16H18BrNOS/c1-11-8-13(17)9-15(19-2)16(11)18-10-12-4-6-14(20-3)7-5-12/h4-9,18H,10H2,1-3H3. The van der Waals surface area contributed by atoms with Crippen LogP contribution in [0, 0.1) is 6.92 Å². The lowest BCUT2D eigenvalue weighted by atomic mass is 10.1. The van der Waals surface area contributed by atoms with Crippen molar-refractivity contribution in [3.8, 4) is 5.75 Å². The summed E-state index contributed by atoms with van der Waals surface area (Å²) < 4.78 is 6.47. The fourth-order valence-electron chi connectivity index (χ4n) is 2.03. The molecule has 0 heterocycles. The predicted octanol–water partition coefficient (Wildman–Crippen LogP) is 5.10. The van der Waals surface area contributed by atoms with Gasteiger partial charge < -0.3 is 10.1 Å². The molecule has 20 heavy (non-hydrogen) atoms. The Morgan fingerprint density at radius 1 is 1.20 bits per heavy atom. The normalized spacial score (nSPS) is 10.4. The van der Waals surface area contributed by atoms with Crippen molar-refractivity contribution in [2.75, 3.05) is 18.7 Å². The molecular formula is C16H18BrNOS. The number of anilines is 1. The smallest absolute Gasteiger partial charge is 0.143 e. The number of rotatable bonds is 5. The van der Waals surface area contributed by atoms with Crippen LogP contribution in [0.25, 0.3) is 0 Å². The third-order valence-corrected chi connectivity index (χ3v) is 4.31. The van der Waals surface area contributed by atoms with Gasteiger partial charge in [-0.15, -0.1) is 11.8 Å². The molecule has 0 spiro atoms. The zero-order valence-electron chi connectivity index (χ0n) is 11.9. The van der Waals surface area contributed by atoms with Crippen LogP contribution in [0.1, 0.15) is 11.1 Å². The number of benzene rings is 2. The number of hydrogen-bond donors (Lipinski definition) is 1. The van der Waals surface area contributed by atoms with E-state index in [0.717, 1.165) is 28.0 Å². The number of aryl methyl sites for hydroxylation is 1. The molecule has 0 amide bonds. The Hall–Kier alpha value is -1.13. The largest absolute Gasteiger partial charge is 0.495 e. The van der Waals surface area contributed by atoms with Crippen LogP contribution in [0.4, 0.5) is 5.69 Å². The summed E-state index contributed by atoms with van der Waals surface area (Å²) in [5.74, 6) is 0.859. The van der Waals surface area contributed by atoms with Gasteiger partial charge in [-0.3, -0.25) is 0 Å². The van der Waals surface area contributed by atoms with Crippen LogP contribution in [-0.2, 0) is 6.54 Å². The second kappa shape index (κ2) is 7.04. The lowest BCUT2D eigenvalue weighted by molar-refractivity contribution is 0.416. The summed E-state index contributed by atoms with van der Waals surface area (Å²) in [5, 5.41) is 3.46. The molecule has 0 aliphatic rings. The third kappa shape index (κ3) is 3.70. The summed E-state index contributed by atoms with van der Waals surface area (Å²) in [6.45, 7) is 2.86. The van der Waals surface area contributed by atoms with Gasteiger partial charge in [-0.1, -0.05) is 28.1 Å². The molecule has 4 heteroatoms. The fraction of sp³-hybridized carbons (Fsp3) is 0.250. The monoisotopic (exact) mass is 351 g/mol. The molecule has 0 saturated heterocycles. The lowest BCUT2D eigenvalue weighted by Gasteiger charge is -2.15. The Morgan fingerprint density at radius 2 is 1.90 bits per heavy atom. The number of nitrogens with one attached hydrogen (secondary N) is 1. The minimum atomic E-state index is 0.785. The first-order chi connectivity index (χ1) is 9.63. The fourth-order valence-corrected chi connectivity index (χ4v) is 2.99. The highest BCUT2D eigenvalue weighted by molar-refractivity contribution is 9.10. The number of hydrogen-bond acceptors (Lipinski definition) is 3. The molecule has 0 aliphatic carbocycles. The Bertz CT molecular complexity index is 584. The van der Waals surface area contributed by atoms with Gasteiger partial charge in [0.15, 0.2) is 0 Å². The van der Waals surface area contributed by atoms with Gasteiger partial charge in [0.05, 0.1) is 12.8 Å². The van der Waals surface area contributed by atoms with E-state index < -0.39 is 0 Å². The van der Waals surface area contributed by atoms with Gasteiger partial charge in [0, 0.05) is 15.9 Å². The maximum atomic E-state index is 5.44. The van der Waals surface area contributed by atoms with Crippen LogP contribution >= 0.6 is 27.7 Å². The predicted molar refractivity (Wildman–Crippen MR) is 91.0 cm³/mol. The summed E-state index contributed by atoms with van der Waals surface area (Å²) in [4.78, 5) is 1.28. The molecule has 2 aromatic carbocycles. The summed E-state index contributed by atoms with van der Waals surface area (Å²) in [6, 6.07) is 12.7. The van der Waals surface area contributed by atoms with Crippen LogP contribution in [0.5, 0.6) is 5.75 Å². The van der Waals surface area contributed by atoms with Crippen molar-refractivity contribution in [3.05, 3.63) is 52.0 Å². The highest BCUT2D eigenvalue weighted by atomic mass is 79.9. The quantitative estimate of drug-likeness (QED) is 0.757. The maximum Gasteiger partial charge on any atom is 0.143 e. The van der Waals surface area contributed by atoms with Crippen LogP contribution in [-0.4, -0.2) is 13.4 Å². The number of ether oxygens (including phenoxy) is 1. The van der Waals surface area contributed by atoms with Gasteiger partial charge in [0.25, 0.3) is 0 Å². The van der Waals surface area contributed by atoms with Crippen LogP contribution in [0.15, 0.2) is 45.8 Å². The Kier molecular flexibility index (Phi) is 5.38. The summed E-state index contributed by atoms with van der Waals surface area (Å²) in [6.07, 6.45) is 2.09.